The summed E-state index contributed by atoms with van der Waals surface area (Å²) in [6, 6.07) is 0. The lowest BCUT2D eigenvalue weighted by Gasteiger charge is -2.40. The van der Waals surface area contributed by atoms with Gasteiger partial charge in [0.2, 0.25) is 0 Å². The van der Waals surface area contributed by atoms with E-state index in [1.54, 1.807) is 0 Å². The Bertz CT molecular complexity index is 698. The molecule has 4 nitrogen and oxygen atoms in total. The van der Waals surface area contributed by atoms with Gasteiger partial charge in [-0.2, -0.15) is 0 Å². The molecule has 0 aromatic carbocycles. The van der Waals surface area contributed by atoms with E-state index in [0.717, 1.165) is 25.5 Å². The lowest BCUT2D eigenvalue weighted by Crippen LogP contribution is -2.49. The summed E-state index contributed by atoms with van der Waals surface area (Å²) in [7, 11) is 4.26. The van der Waals surface area contributed by atoms with Crippen molar-refractivity contribution >= 4 is 5.97 Å². The van der Waals surface area contributed by atoms with E-state index in [-0.39, 0.29) is 22.9 Å². The molecule has 4 aliphatic rings. The van der Waals surface area contributed by atoms with Crippen LogP contribution < -0.4 is 0 Å². The summed E-state index contributed by atoms with van der Waals surface area (Å²) in [5, 5.41) is 0. The number of esters is 1. The zero-order chi connectivity index (χ0) is 22.2. The molecule has 172 valence electrons. The first-order valence-corrected chi connectivity index (χ1v) is 12.4. The van der Waals surface area contributed by atoms with Gasteiger partial charge in [-0.3, -0.25) is 0 Å². The molecule has 4 aliphatic carbocycles. The van der Waals surface area contributed by atoms with Crippen LogP contribution in [0.1, 0.15) is 80.1 Å². The fraction of sp³-hybridized carbons (Fsp3) is 0.962. The lowest BCUT2D eigenvalue weighted by molar-refractivity contribution is -0.883. The van der Waals surface area contributed by atoms with E-state index < -0.39 is 0 Å². The Hall–Kier alpha value is -0.610. The van der Waals surface area contributed by atoms with Gasteiger partial charge < -0.3 is 14.0 Å². The third-order valence-electron chi connectivity index (χ3n) is 11.3. The van der Waals surface area contributed by atoms with Gasteiger partial charge in [0.15, 0.2) is 6.54 Å². The van der Waals surface area contributed by atoms with Gasteiger partial charge in [0, 0.05) is 5.41 Å². The first kappa shape index (κ1) is 22.6. The van der Waals surface area contributed by atoms with Crippen LogP contribution >= 0.6 is 0 Å². The molecular weight excluding hydrogens is 374 g/mol. The van der Waals surface area contributed by atoms with E-state index in [1.807, 2.05) is 0 Å². The van der Waals surface area contributed by atoms with Crippen molar-refractivity contribution in [2.45, 2.75) is 92.3 Å². The molecule has 4 saturated carbocycles. The number of carbonyl (C=O) groups is 1. The summed E-state index contributed by atoms with van der Waals surface area (Å²) in [4.78, 5) is 12.8. The molecule has 4 heteroatoms. The van der Waals surface area contributed by atoms with E-state index in [0.29, 0.717) is 33.9 Å². The average molecular weight is 421 g/mol. The summed E-state index contributed by atoms with van der Waals surface area (Å²) >= 11 is 0. The molecule has 0 heterocycles. The largest absolute Gasteiger partial charge is 0.458 e. The smallest absolute Gasteiger partial charge is 0.362 e. The topological polar surface area (TPSA) is 35.5 Å². The fourth-order valence-corrected chi connectivity index (χ4v) is 7.76. The number of likely N-dealkylation sites (N-methyl/N-ethyl adjacent to an activating group) is 1. The molecule has 0 N–H and O–H groups in total. The Morgan fingerprint density at radius 2 is 1.37 bits per heavy atom. The Kier molecular flexibility index (Phi) is 5.22. The molecule has 4 rings (SSSR count). The number of rotatable bonds is 7. The highest BCUT2D eigenvalue weighted by molar-refractivity contribution is 5.71. The SMILES string of the molecule is CC1(C)[C@@H]2CC[C@@]1(C)[C@H](OC(=O)C[N+](C)(C)CCO[C@@H]1C[C@@H]3CC[C@@]1(C)C3(C)C)C2. The zero-order valence-electron chi connectivity index (χ0n) is 20.8. The Morgan fingerprint density at radius 1 is 0.867 bits per heavy atom. The highest BCUT2D eigenvalue weighted by atomic mass is 16.5. The number of carbonyl (C=O) groups excluding carboxylic acids is 1. The molecule has 0 aromatic heterocycles. The molecule has 30 heavy (non-hydrogen) atoms. The predicted molar refractivity (Wildman–Crippen MR) is 120 cm³/mol. The van der Waals surface area contributed by atoms with Crippen LogP contribution in [0.3, 0.4) is 0 Å². The highest BCUT2D eigenvalue weighted by Gasteiger charge is 2.63. The van der Waals surface area contributed by atoms with Crippen molar-refractivity contribution in [1.29, 1.82) is 0 Å². The standard InChI is InChI=1S/C26H46NO3/c1-23(2)18-9-11-25(23,5)20(15-18)29-14-13-27(7,8)17-22(28)30-21-16-19-10-12-26(21,6)24(19,3)4/h18-21H,9-17H2,1-8H3/q+1/t18-,19+,20+,21+,25+,26-/m0/s1. The number of nitrogens with zero attached hydrogens (tertiary/aromatic N) is 1. The number of fused-ring (bicyclic) bond motifs is 4. The summed E-state index contributed by atoms with van der Waals surface area (Å²) in [5.74, 6) is 1.46. The van der Waals surface area contributed by atoms with Crippen LogP contribution in [0.15, 0.2) is 0 Å². The summed E-state index contributed by atoms with van der Waals surface area (Å²) in [6.45, 7) is 16.4. The minimum atomic E-state index is -0.0393. The van der Waals surface area contributed by atoms with Crippen LogP contribution in [0.5, 0.6) is 0 Å². The minimum absolute atomic E-state index is 0.0393. The van der Waals surface area contributed by atoms with Crippen molar-refractivity contribution in [3.63, 3.8) is 0 Å². The molecule has 6 atom stereocenters. The van der Waals surface area contributed by atoms with Gasteiger partial charge in [0.1, 0.15) is 12.6 Å². The summed E-state index contributed by atoms with van der Waals surface area (Å²) in [5.41, 5.74) is 1.10. The summed E-state index contributed by atoms with van der Waals surface area (Å²) in [6.07, 6.45) is 7.83. The van der Waals surface area contributed by atoms with Gasteiger partial charge in [-0.05, 0) is 66.6 Å². The van der Waals surface area contributed by atoms with Crippen LogP contribution in [0.25, 0.3) is 0 Å². The molecule has 0 aliphatic heterocycles. The van der Waals surface area contributed by atoms with Crippen molar-refractivity contribution in [2.24, 2.45) is 33.5 Å². The Morgan fingerprint density at radius 3 is 1.80 bits per heavy atom. The molecule has 0 unspecified atom stereocenters. The quantitative estimate of drug-likeness (QED) is 0.427. The van der Waals surface area contributed by atoms with Gasteiger partial charge in [0.25, 0.3) is 0 Å². The molecule has 0 saturated heterocycles. The maximum absolute atomic E-state index is 12.8. The van der Waals surface area contributed by atoms with E-state index in [2.05, 4.69) is 55.6 Å². The van der Waals surface area contributed by atoms with E-state index in [1.165, 1.54) is 32.1 Å². The molecule has 4 bridgehead atoms. The molecule has 0 spiro atoms. The number of quaternary nitrogens is 1. The van der Waals surface area contributed by atoms with Gasteiger partial charge >= 0.3 is 5.97 Å². The fourth-order valence-electron chi connectivity index (χ4n) is 7.76. The normalized spacial score (nSPS) is 43.3. The average Bonchev–Trinajstić information content (AvgIpc) is 3.13. The second-order valence-electron chi connectivity index (χ2n) is 13.4. The Balaban J connectivity index is 1.26. The first-order valence-electron chi connectivity index (χ1n) is 12.4. The number of hydrogen-bond acceptors (Lipinski definition) is 3. The third kappa shape index (κ3) is 3.18. The molecule has 4 fully saturated rings. The highest BCUT2D eigenvalue weighted by Crippen LogP contribution is 2.67. The van der Waals surface area contributed by atoms with Crippen molar-refractivity contribution < 1.29 is 18.8 Å². The number of hydrogen-bond donors (Lipinski definition) is 0. The molecular formula is C26H46NO3+. The van der Waals surface area contributed by atoms with Gasteiger partial charge in [-0.1, -0.05) is 41.5 Å². The van der Waals surface area contributed by atoms with Gasteiger partial charge in [0.05, 0.1) is 26.8 Å². The second-order valence-corrected chi connectivity index (χ2v) is 13.4. The lowest BCUT2D eigenvalue weighted by atomic mass is 9.70. The summed E-state index contributed by atoms with van der Waals surface area (Å²) < 4.78 is 13.2. The minimum Gasteiger partial charge on any atom is -0.458 e. The van der Waals surface area contributed by atoms with E-state index in [9.17, 15) is 4.79 Å². The molecule has 0 amide bonds. The number of ether oxygens (including phenoxy) is 2. The predicted octanol–water partition coefficient (Wildman–Crippen LogP) is 5.05. The van der Waals surface area contributed by atoms with Crippen LogP contribution in [-0.2, 0) is 14.3 Å². The molecule has 0 aromatic rings. The third-order valence-corrected chi connectivity index (χ3v) is 11.3. The van der Waals surface area contributed by atoms with E-state index in [4.69, 9.17) is 9.47 Å². The Labute approximate surface area is 184 Å². The maximum Gasteiger partial charge on any atom is 0.362 e. The first-order chi connectivity index (χ1) is 13.7. The van der Waals surface area contributed by atoms with Crippen LogP contribution in [0, 0.1) is 33.5 Å². The van der Waals surface area contributed by atoms with Crippen LogP contribution in [0.2, 0.25) is 0 Å². The monoisotopic (exact) mass is 420 g/mol. The van der Waals surface area contributed by atoms with Crippen molar-refractivity contribution in [1.82, 2.24) is 0 Å². The van der Waals surface area contributed by atoms with Crippen molar-refractivity contribution in [3.8, 4) is 0 Å². The van der Waals surface area contributed by atoms with Crippen LogP contribution in [0.4, 0.5) is 0 Å². The second kappa shape index (κ2) is 6.94. The van der Waals surface area contributed by atoms with Gasteiger partial charge in [-0.15, -0.1) is 0 Å². The van der Waals surface area contributed by atoms with Crippen molar-refractivity contribution in [3.05, 3.63) is 0 Å². The van der Waals surface area contributed by atoms with E-state index >= 15 is 0 Å². The van der Waals surface area contributed by atoms with Gasteiger partial charge in [-0.25, -0.2) is 4.79 Å². The maximum atomic E-state index is 12.8. The van der Waals surface area contributed by atoms with Crippen molar-refractivity contribution in [2.75, 3.05) is 33.8 Å². The molecule has 0 radical (unpaired) electrons. The van der Waals surface area contributed by atoms with Crippen LogP contribution in [-0.4, -0.2) is 56.5 Å². The zero-order valence-corrected chi connectivity index (χ0v) is 20.8.